The lowest BCUT2D eigenvalue weighted by Gasteiger charge is -1.92. The lowest BCUT2D eigenvalue weighted by atomic mass is 10.3. The van der Waals surface area contributed by atoms with Crippen molar-refractivity contribution in [1.82, 2.24) is 0 Å². The fourth-order valence-corrected chi connectivity index (χ4v) is 0.524. The molecular formula is C7H7NO. The highest BCUT2D eigenvalue weighted by Gasteiger charge is 2.05. The highest BCUT2D eigenvalue weighted by molar-refractivity contribution is 5.98. The van der Waals surface area contributed by atoms with Gasteiger partial charge in [0, 0.05) is 11.8 Å². The van der Waals surface area contributed by atoms with Crippen LogP contribution in [0, 0.1) is 0 Å². The van der Waals surface area contributed by atoms with Crippen molar-refractivity contribution in [2.45, 2.75) is 0 Å². The van der Waals surface area contributed by atoms with E-state index in [1.807, 2.05) is 0 Å². The van der Waals surface area contributed by atoms with Gasteiger partial charge in [-0.05, 0) is 6.08 Å². The van der Waals surface area contributed by atoms with Crippen molar-refractivity contribution in [1.29, 1.82) is 0 Å². The van der Waals surface area contributed by atoms with Crippen molar-refractivity contribution in [3.63, 3.8) is 0 Å². The van der Waals surface area contributed by atoms with E-state index in [2.05, 4.69) is 18.2 Å². The normalized spacial score (nSPS) is 20.4. The van der Waals surface area contributed by atoms with Crippen molar-refractivity contribution in [2.75, 3.05) is 0 Å². The SMILES string of the molecule is C=CN=C1OC=CC1=C. The first-order chi connectivity index (χ1) is 4.34. The van der Waals surface area contributed by atoms with E-state index in [0.29, 0.717) is 5.90 Å². The summed E-state index contributed by atoms with van der Waals surface area (Å²) >= 11 is 0. The van der Waals surface area contributed by atoms with Crippen LogP contribution in [-0.4, -0.2) is 5.90 Å². The van der Waals surface area contributed by atoms with E-state index in [1.54, 1.807) is 12.3 Å². The van der Waals surface area contributed by atoms with Crippen LogP contribution < -0.4 is 0 Å². The van der Waals surface area contributed by atoms with Crippen LogP contribution in [0.4, 0.5) is 0 Å². The molecule has 0 spiro atoms. The molecule has 0 saturated heterocycles. The third kappa shape index (κ3) is 1.08. The van der Waals surface area contributed by atoms with Gasteiger partial charge in [-0.1, -0.05) is 13.2 Å². The van der Waals surface area contributed by atoms with E-state index in [4.69, 9.17) is 4.74 Å². The Morgan fingerprint density at radius 2 is 2.44 bits per heavy atom. The zero-order valence-electron chi connectivity index (χ0n) is 5.00. The molecule has 0 saturated carbocycles. The molecule has 0 aromatic carbocycles. The van der Waals surface area contributed by atoms with Gasteiger partial charge in [0.05, 0.1) is 6.26 Å². The van der Waals surface area contributed by atoms with Crippen molar-refractivity contribution >= 4 is 5.90 Å². The van der Waals surface area contributed by atoms with E-state index < -0.39 is 0 Å². The molecule has 0 aromatic rings. The zero-order valence-corrected chi connectivity index (χ0v) is 5.00. The highest BCUT2D eigenvalue weighted by Crippen LogP contribution is 2.07. The maximum atomic E-state index is 4.90. The van der Waals surface area contributed by atoms with Gasteiger partial charge in [0.1, 0.15) is 0 Å². The second-order valence-electron chi connectivity index (χ2n) is 1.56. The quantitative estimate of drug-likeness (QED) is 0.516. The molecule has 0 atom stereocenters. The van der Waals surface area contributed by atoms with Crippen molar-refractivity contribution in [3.8, 4) is 0 Å². The van der Waals surface area contributed by atoms with Gasteiger partial charge in [-0.3, -0.25) is 0 Å². The van der Waals surface area contributed by atoms with Crippen LogP contribution in [0.3, 0.4) is 0 Å². The molecule has 0 amide bonds. The smallest absolute Gasteiger partial charge is 0.225 e. The van der Waals surface area contributed by atoms with Crippen molar-refractivity contribution < 1.29 is 4.74 Å². The standard InChI is InChI=1S/C7H7NO/c1-3-8-7-6(2)4-5-9-7/h3-5H,1-2H2. The first-order valence-electron chi connectivity index (χ1n) is 2.56. The third-order valence-electron chi connectivity index (χ3n) is 0.932. The molecule has 0 aromatic heterocycles. The molecule has 2 heteroatoms. The van der Waals surface area contributed by atoms with E-state index >= 15 is 0 Å². The minimum Gasteiger partial charge on any atom is -0.446 e. The van der Waals surface area contributed by atoms with Crippen LogP contribution in [0.2, 0.25) is 0 Å². The third-order valence-corrected chi connectivity index (χ3v) is 0.932. The molecule has 1 aliphatic heterocycles. The number of hydrogen-bond acceptors (Lipinski definition) is 2. The average Bonchev–Trinajstić information content (AvgIpc) is 2.18. The van der Waals surface area contributed by atoms with Gasteiger partial charge >= 0.3 is 0 Å². The fourth-order valence-electron chi connectivity index (χ4n) is 0.524. The summed E-state index contributed by atoms with van der Waals surface area (Å²) in [5.74, 6) is 0.532. The van der Waals surface area contributed by atoms with Crippen LogP contribution in [0.5, 0.6) is 0 Å². The summed E-state index contributed by atoms with van der Waals surface area (Å²) in [5, 5.41) is 0. The molecule has 0 aliphatic carbocycles. The Hall–Kier alpha value is -1.31. The number of nitrogens with zero attached hydrogens (tertiary/aromatic N) is 1. The summed E-state index contributed by atoms with van der Waals surface area (Å²) < 4.78 is 4.90. The minimum atomic E-state index is 0.532. The predicted octanol–water partition coefficient (Wildman–Crippen LogP) is 1.63. The van der Waals surface area contributed by atoms with Gasteiger partial charge in [0.15, 0.2) is 0 Å². The fraction of sp³-hybridized carbons (Fsp3) is 0. The minimum absolute atomic E-state index is 0.532. The number of rotatable bonds is 1. The zero-order chi connectivity index (χ0) is 6.69. The van der Waals surface area contributed by atoms with Crippen LogP contribution in [0.25, 0.3) is 0 Å². The predicted molar refractivity (Wildman–Crippen MR) is 37.0 cm³/mol. The molecule has 0 bridgehead atoms. The van der Waals surface area contributed by atoms with Gasteiger partial charge in [0.25, 0.3) is 0 Å². The van der Waals surface area contributed by atoms with Crippen LogP contribution in [0.1, 0.15) is 0 Å². The van der Waals surface area contributed by atoms with Gasteiger partial charge in [-0.25, -0.2) is 4.99 Å². The summed E-state index contributed by atoms with van der Waals surface area (Å²) in [6.07, 6.45) is 4.72. The topological polar surface area (TPSA) is 21.6 Å². The summed E-state index contributed by atoms with van der Waals surface area (Å²) in [7, 11) is 0. The molecule has 1 heterocycles. The molecule has 1 aliphatic rings. The number of hydrogen-bond donors (Lipinski definition) is 0. The first-order valence-corrected chi connectivity index (χ1v) is 2.56. The molecule has 0 fully saturated rings. The second kappa shape index (κ2) is 2.31. The Morgan fingerprint density at radius 1 is 1.67 bits per heavy atom. The van der Waals surface area contributed by atoms with Gasteiger partial charge in [0.2, 0.25) is 5.90 Å². The van der Waals surface area contributed by atoms with Crippen molar-refractivity contribution in [3.05, 3.63) is 37.3 Å². The number of aliphatic imine (C=N–C) groups is 1. The van der Waals surface area contributed by atoms with E-state index in [9.17, 15) is 0 Å². The molecule has 0 N–H and O–H groups in total. The van der Waals surface area contributed by atoms with Gasteiger partial charge in [-0.15, -0.1) is 0 Å². The Morgan fingerprint density at radius 3 is 2.89 bits per heavy atom. The summed E-state index contributed by atoms with van der Waals surface area (Å²) in [6.45, 7) is 7.09. The summed E-state index contributed by atoms with van der Waals surface area (Å²) in [5.41, 5.74) is 0.787. The Bertz CT molecular complexity index is 201. The Labute approximate surface area is 53.9 Å². The summed E-state index contributed by atoms with van der Waals surface area (Å²) in [6, 6.07) is 0. The Balaban J connectivity index is 2.77. The second-order valence-corrected chi connectivity index (χ2v) is 1.56. The maximum absolute atomic E-state index is 4.90. The van der Waals surface area contributed by atoms with E-state index in [1.165, 1.54) is 6.20 Å². The average molecular weight is 121 g/mol. The lowest BCUT2D eigenvalue weighted by molar-refractivity contribution is 0.487. The molecule has 0 radical (unpaired) electrons. The maximum Gasteiger partial charge on any atom is 0.225 e. The van der Waals surface area contributed by atoms with Gasteiger partial charge < -0.3 is 4.74 Å². The van der Waals surface area contributed by atoms with Crippen LogP contribution >= 0.6 is 0 Å². The Kier molecular flexibility index (Phi) is 1.49. The van der Waals surface area contributed by atoms with E-state index in [0.717, 1.165) is 5.57 Å². The molecule has 2 nitrogen and oxygen atoms in total. The molecule has 9 heavy (non-hydrogen) atoms. The molecular weight excluding hydrogens is 114 g/mol. The first kappa shape index (κ1) is 5.82. The van der Waals surface area contributed by atoms with E-state index in [-0.39, 0.29) is 0 Å². The highest BCUT2D eigenvalue weighted by atomic mass is 16.5. The van der Waals surface area contributed by atoms with Crippen molar-refractivity contribution in [2.24, 2.45) is 4.99 Å². The van der Waals surface area contributed by atoms with Crippen LogP contribution in [-0.2, 0) is 4.74 Å². The largest absolute Gasteiger partial charge is 0.446 e. The lowest BCUT2D eigenvalue weighted by Crippen LogP contribution is -1.93. The monoisotopic (exact) mass is 121 g/mol. The molecule has 1 rings (SSSR count). The van der Waals surface area contributed by atoms with Gasteiger partial charge in [-0.2, -0.15) is 0 Å². The molecule has 0 unspecified atom stereocenters. The summed E-state index contributed by atoms with van der Waals surface area (Å²) in [4.78, 5) is 3.80. The number of ether oxygens (including phenoxy) is 1. The van der Waals surface area contributed by atoms with Crippen LogP contribution in [0.15, 0.2) is 42.3 Å². The molecule has 46 valence electrons.